The fraction of sp³-hybridized carbons (Fsp3) is 0.182. The molecular formula is C22H20N2O5. The Bertz CT molecular complexity index is 1010. The zero-order valence-electron chi connectivity index (χ0n) is 15.9. The predicted octanol–water partition coefficient (Wildman–Crippen LogP) is 2.25. The minimum atomic E-state index is -0.749. The van der Waals surface area contributed by atoms with E-state index < -0.39 is 30.3 Å². The fourth-order valence-corrected chi connectivity index (χ4v) is 2.98. The van der Waals surface area contributed by atoms with Crippen LogP contribution in [-0.2, 0) is 16.1 Å². The molecule has 2 aromatic carbocycles. The molecule has 1 aliphatic heterocycles. The van der Waals surface area contributed by atoms with Crippen LogP contribution in [0.5, 0.6) is 0 Å². The molecule has 0 aliphatic carbocycles. The summed E-state index contributed by atoms with van der Waals surface area (Å²) in [5.74, 6) is -2.11. The van der Waals surface area contributed by atoms with E-state index in [9.17, 15) is 19.2 Å². The number of nitrogens with one attached hydrogen (secondary N) is 1. The highest BCUT2D eigenvalue weighted by Gasteiger charge is 2.35. The summed E-state index contributed by atoms with van der Waals surface area (Å²) in [5, 5.41) is 2.69. The van der Waals surface area contributed by atoms with Crippen molar-refractivity contribution in [3.8, 4) is 0 Å². The van der Waals surface area contributed by atoms with Gasteiger partial charge in [-0.3, -0.25) is 19.3 Å². The van der Waals surface area contributed by atoms with Gasteiger partial charge in [0.1, 0.15) is 0 Å². The number of imide groups is 1. The molecule has 0 radical (unpaired) electrons. The van der Waals surface area contributed by atoms with Crippen molar-refractivity contribution in [3.63, 3.8) is 0 Å². The Hall–Kier alpha value is -3.74. The van der Waals surface area contributed by atoms with Gasteiger partial charge in [-0.1, -0.05) is 30.3 Å². The molecule has 0 fully saturated rings. The summed E-state index contributed by atoms with van der Waals surface area (Å²) in [5.41, 5.74) is 2.47. The van der Waals surface area contributed by atoms with Crippen LogP contribution in [0.3, 0.4) is 0 Å². The van der Waals surface area contributed by atoms with E-state index in [-0.39, 0.29) is 23.2 Å². The number of nitrogens with zero attached hydrogens (tertiary/aromatic N) is 1. The number of esters is 1. The minimum absolute atomic E-state index is 0.0905. The first-order valence-electron chi connectivity index (χ1n) is 9.02. The highest BCUT2D eigenvalue weighted by molar-refractivity contribution is 6.22. The predicted molar refractivity (Wildman–Crippen MR) is 105 cm³/mol. The lowest BCUT2D eigenvalue weighted by atomic mass is 10.1. The van der Waals surface area contributed by atoms with E-state index in [2.05, 4.69) is 11.9 Å². The number of aryl methyl sites for hydroxylation is 1. The fourth-order valence-electron chi connectivity index (χ4n) is 2.98. The van der Waals surface area contributed by atoms with Crippen LogP contribution in [0.25, 0.3) is 0 Å². The Morgan fingerprint density at radius 2 is 1.83 bits per heavy atom. The molecular weight excluding hydrogens is 372 g/mol. The van der Waals surface area contributed by atoms with Gasteiger partial charge in [0.25, 0.3) is 17.7 Å². The Balaban J connectivity index is 1.59. The molecule has 148 valence electrons. The summed E-state index contributed by atoms with van der Waals surface area (Å²) in [6, 6.07) is 11.8. The molecule has 1 aliphatic rings. The van der Waals surface area contributed by atoms with E-state index in [1.54, 1.807) is 0 Å². The highest BCUT2D eigenvalue weighted by atomic mass is 16.5. The van der Waals surface area contributed by atoms with Gasteiger partial charge in [-0.2, -0.15) is 0 Å². The minimum Gasteiger partial charge on any atom is -0.452 e. The van der Waals surface area contributed by atoms with Crippen LogP contribution < -0.4 is 5.32 Å². The molecule has 7 nitrogen and oxygen atoms in total. The number of carbonyl (C=O) groups is 4. The number of amides is 3. The second-order valence-electron chi connectivity index (χ2n) is 6.55. The van der Waals surface area contributed by atoms with Gasteiger partial charge in [0.2, 0.25) is 0 Å². The van der Waals surface area contributed by atoms with E-state index in [1.807, 2.05) is 31.2 Å². The average Bonchev–Trinajstić information content (AvgIpc) is 2.96. The first kappa shape index (κ1) is 20.0. The molecule has 1 heterocycles. The first-order chi connectivity index (χ1) is 13.9. The molecule has 7 heteroatoms. The number of carbonyl (C=O) groups excluding carboxylic acids is 4. The molecule has 29 heavy (non-hydrogen) atoms. The third-order valence-corrected chi connectivity index (χ3v) is 4.59. The standard InChI is InChI=1S/C22H20N2O5/c1-3-10-24-20(26)17-9-8-15(11-18(17)21(24)27)22(28)29-13-19(25)23-12-16-7-5-4-6-14(16)2/h3-9,11H,1,10,12-13H2,2H3,(H,23,25). The van der Waals surface area contributed by atoms with Crippen LogP contribution in [-0.4, -0.2) is 41.7 Å². The van der Waals surface area contributed by atoms with Gasteiger partial charge in [-0.15, -0.1) is 6.58 Å². The Morgan fingerprint density at radius 1 is 1.10 bits per heavy atom. The first-order valence-corrected chi connectivity index (χ1v) is 9.02. The molecule has 3 amide bonds. The molecule has 0 spiro atoms. The molecule has 3 rings (SSSR count). The van der Waals surface area contributed by atoms with Gasteiger partial charge < -0.3 is 10.1 Å². The lowest BCUT2D eigenvalue weighted by molar-refractivity contribution is -0.124. The maximum absolute atomic E-state index is 12.3. The van der Waals surface area contributed by atoms with Crippen molar-refractivity contribution >= 4 is 23.7 Å². The number of hydrogen-bond donors (Lipinski definition) is 1. The van der Waals surface area contributed by atoms with Gasteiger partial charge in [0.05, 0.1) is 16.7 Å². The van der Waals surface area contributed by atoms with Crippen LogP contribution in [0.15, 0.2) is 55.1 Å². The summed E-state index contributed by atoms with van der Waals surface area (Å²) in [6.07, 6.45) is 1.45. The van der Waals surface area contributed by atoms with Gasteiger partial charge in [0.15, 0.2) is 6.61 Å². The van der Waals surface area contributed by atoms with Crippen molar-refractivity contribution in [1.82, 2.24) is 10.2 Å². The summed E-state index contributed by atoms with van der Waals surface area (Å²) >= 11 is 0. The number of fused-ring (bicyclic) bond motifs is 1. The van der Waals surface area contributed by atoms with Crippen molar-refractivity contribution < 1.29 is 23.9 Å². The Kier molecular flexibility index (Phi) is 5.87. The smallest absolute Gasteiger partial charge is 0.338 e. The molecule has 0 unspecified atom stereocenters. The van der Waals surface area contributed by atoms with Crippen molar-refractivity contribution in [1.29, 1.82) is 0 Å². The van der Waals surface area contributed by atoms with Gasteiger partial charge in [0, 0.05) is 13.1 Å². The quantitative estimate of drug-likeness (QED) is 0.443. The third kappa shape index (κ3) is 4.24. The van der Waals surface area contributed by atoms with Crippen molar-refractivity contribution in [2.45, 2.75) is 13.5 Å². The zero-order chi connectivity index (χ0) is 21.0. The summed E-state index contributed by atoms with van der Waals surface area (Å²) in [7, 11) is 0. The van der Waals surface area contributed by atoms with Crippen LogP contribution in [0, 0.1) is 6.92 Å². The molecule has 0 atom stereocenters. The van der Waals surface area contributed by atoms with Gasteiger partial charge in [-0.25, -0.2) is 4.79 Å². The third-order valence-electron chi connectivity index (χ3n) is 4.59. The number of benzene rings is 2. The maximum Gasteiger partial charge on any atom is 0.338 e. The molecule has 0 saturated carbocycles. The van der Waals surface area contributed by atoms with Gasteiger partial charge >= 0.3 is 5.97 Å². The molecule has 2 aromatic rings. The van der Waals surface area contributed by atoms with E-state index in [1.165, 1.54) is 24.3 Å². The summed E-state index contributed by atoms with van der Waals surface area (Å²) in [4.78, 5) is 49.8. The number of rotatable bonds is 7. The summed E-state index contributed by atoms with van der Waals surface area (Å²) < 4.78 is 5.03. The zero-order valence-corrected chi connectivity index (χ0v) is 15.9. The summed E-state index contributed by atoms with van der Waals surface area (Å²) in [6.45, 7) is 5.44. The largest absolute Gasteiger partial charge is 0.452 e. The SMILES string of the molecule is C=CCN1C(=O)c2ccc(C(=O)OCC(=O)NCc3ccccc3C)cc2C1=O. The van der Waals surface area contributed by atoms with E-state index >= 15 is 0 Å². The van der Waals surface area contributed by atoms with E-state index in [4.69, 9.17) is 4.74 Å². The molecule has 0 aromatic heterocycles. The lowest BCUT2D eigenvalue weighted by Crippen LogP contribution is -2.29. The maximum atomic E-state index is 12.3. The molecule has 0 saturated heterocycles. The second kappa shape index (κ2) is 8.52. The normalized spacial score (nSPS) is 12.5. The number of hydrogen-bond acceptors (Lipinski definition) is 5. The Morgan fingerprint density at radius 3 is 2.55 bits per heavy atom. The highest BCUT2D eigenvalue weighted by Crippen LogP contribution is 2.24. The van der Waals surface area contributed by atoms with Crippen molar-refractivity contribution in [3.05, 3.63) is 82.9 Å². The lowest BCUT2D eigenvalue weighted by Gasteiger charge is -2.09. The topological polar surface area (TPSA) is 92.8 Å². The molecule has 0 bridgehead atoms. The van der Waals surface area contributed by atoms with Crippen LogP contribution in [0.1, 0.15) is 42.2 Å². The van der Waals surface area contributed by atoms with Gasteiger partial charge in [-0.05, 0) is 36.2 Å². The molecule has 1 N–H and O–H groups in total. The van der Waals surface area contributed by atoms with Crippen LogP contribution in [0.2, 0.25) is 0 Å². The van der Waals surface area contributed by atoms with Crippen molar-refractivity contribution in [2.75, 3.05) is 13.2 Å². The van der Waals surface area contributed by atoms with Crippen molar-refractivity contribution in [2.24, 2.45) is 0 Å². The number of ether oxygens (including phenoxy) is 1. The van der Waals surface area contributed by atoms with E-state index in [0.29, 0.717) is 6.54 Å². The monoisotopic (exact) mass is 392 g/mol. The van der Waals surface area contributed by atoms with Crippen LogP contribution in [0.4, 0.5) is 0 Å². The average molecular weight is 392 g/mol. The van der Waals surface area contributed by atoms with E-state index in [0.717, 1.165) is 16.0 Å². The Labute approximate surface area is 168 Å². The van der Waals surface area contributed by atoms with Crippen LogP contribution >= 0.6 is 0 Å². The second-order valence-corrected chi connectivity index (χ2v) is 6.55.